The Morgan fingerprint density at radius 2 is 2.15 bits per heavy atom. The normalized spacial score (nSPS) is 11.2. The molecule has 0 radical (unpaired) electrons. The number of rotatable bonds is 3. The first-order chi connectivity index (χ1) is 9.40. The van der Waals surface area contributed by atoms with Crippen LogP contribution in [0.25, 0.3) is 0 Å². The first-order valence-electron chi connectivity index (χ1n) is 6.38. The van der Waals surface area contributed by atoms with Crippen molar-refractivity contribution in [3.05, 3.63) is 46.2 Å². The predicted octanol–water partition coefficient (Wildman–Crippen LogP) is 3.88. The van der Waals surface area contributed by atoms with Gasteiger partial charge in [-0.2, -0.15) is 10.4 Å². The number of halogens is 1. The average molecular weight is 333 g/mol. The van der Waals surface area contributed by atoms with Gasteiger partial charge < -0.3 is 5.32 Å². The monoisotopic (exact) mass is 332 g/mol. The van der Waals surface area contributed by atoms with Crippen LogP contribution >= 0.6 is 15.9 Å². The minimum absolute atomic E-state index is 0.0220. The molecule has 0 aliphatic carbocycles. The Labute approximate surface area is 127 Å². The third-order valence-electron chi connectivity index (χ3n) is 2.91. The van der Waals surface area contributed by atoms with Crippen molar-refractivity contribution in [2.75, 3.05) is 5.32 Å². The summed E-state index contributed by atoms with van der Waals surface area (Å²) in [4.78, 5) is 0. The second-order valence-corrected chi connectivity index (χ2v) is 6.53. The lowest BCUT2D eigenvalue weighted by atomic mass is 10.1. The fourth-order valence-electron chi connectivity index (χ4n) is 1.78. The molecule has 0 aliphatic heterocycles. The predicted molar refractivity (Wildman–Crippen MR) is 83.4 cm³/mol. The number of benzene rings is 1. The van der Waals surface area contributed by atoms with Gasteiger partial charge in [-0.15, -0.1) is 0 Å². The zero-order chi connectivity index (χ0) is 14.8. The Hall–Kier alpha value is -1.80. The number of anilines is 1. The lowest BCUT2D eigenvalue weighted by Gasteiger charge is -2.18. The van der Waals surface area contributed by atoms with Crippen LogP contribution in [0.15, 0.2) is 35.1 Å². The Morgan fingerprint density at radius 3 is 2.75 bits per heavy atom. The van der Waals surface area contributed by atoms with Gasteiger partial charge in [-0.3, -0.25) is 4.68 Å². The SMILES string of the molecule is CC(C)(C)n1cc(CNc2cc(Br)ccc2C#N)cn1. The average Bonchev–Trinajstić information content (AvgIpc) is 2.85. The molecule has 1 N–H and O–H groups in total. The standard InChI is InChI=1S/C15H17BrN4/c1-15(2,3)20-10-11(9-19-20)8-18-14-6-13(16)5-4-12(14)7-17/h4-6,9-10,18H,8H2,1-3H3. The van der Waals surface area contributed by atoms with E-state index < -0.39 is 0 Å². The van der Waals surface area contributed by atoms with Crippen LogP contribution in [-0.4, -0.2) is 9.78 Å². The molecule has 1 aromatic carbocycles. The third-order valence-corrected chi connectivity index (χ3v) is 3.40. The van der Waals surface area contributed by atoms with E-state index in [4.69, 9.17) is 5.26 Å². The first kappa shape index (κ1) is 14.6. The number of hydrogen-bond donors (Lipinski definition) is 1. The molecular formula is C15H17BrN4. The van der Waals surface area contributed by atoms with Gasteiger partial charge in [0.15, 0.2) is 0 Å². The van der Waals surface area contributed by atoms with Gasteiger partial charge in [0.1, 0.15) is 6.07 Å². The summed E-state index contributed by atoms with van der Waals surface area (Å²) in [5, 5.41) is 16.7. The summed E-state index contributed by atoms with van der Waals surface area (Å²) in [6.07, 6.45) is 3.87. The highest BCUT2D eigenvalue weighted by atomic mass is 79.9. The topological polar surface area (TPSA) is 53.6 Å². The molecule has 2 rings (SSSR count). The van der Waals surface area contributed by atoms with Gasteiger partial charge in [-0.1, -0.05) is 15.9 Å². The van der Waals surface area contributed by atoms with Crippen LogP contribution in [0.4, 0.5) is 5.69 Å². The van der Waals surface area contributed by atoms with Gasteiger partial charge in [-0.05, 0) is 39.0 Å². The maximum atomic E-state index is 9.10. The number of nitrogens with one attached hydrogen (secondary N) is 1. The second-order valence-electron chi connectivity index (χ2n) is 5.62. The Kier molecular flexibility index (Phi) is 4.15. The van der Waals surface area contributed by atoms with Gasteiger partial charge in [0.05, 0.1) is 23.0 Å². The Bertz CT molecular complexity index is 647. The van der Waals surface area contributed by atoms with Crippen molar-refractivity contribution in [3.63, 3.8) is 0 Å². The van der Waals surface area contributed by atoms with Gasteiger partial charge in [-0.25, -0.2) is 0 Å². The summed E-state index contributed by atoms with van der Waals surface area (Å²) in [6.45, 7) is 6.97. The Morgan fingerprint density at radius 1 is 1.40 bits per heavy atom. The molecule has 1 aromatic heterocycles. The minimum atomic E-state index is -0.0220. The summed E-state index contributed by atoms with van der Waals surface area (Å²) < 4.78 is 2.89. The quantitative estimate of drug-likeness (QED) is 0.927. The first-order valence-corrected chi connectivity index (χ1v) is 7.17. The molecule has 0 aliphatic rings. The molecule has 0 bridgehead atoms. The molecule has 0 amide bonds. The van der Waals surface area contributed by atoms with E-state index in [0.717, 1.165) is 15.7 Å². The van der Waals surface area contributed by atoms with Crippen LogP contribution in [0.3, 0.4) is 0 Å². The fraction of sp³-hybridized carbons (Fsp3) is 0.333. The van der Waals surface area contributed by atoms with E-state index in [2.05, 4.69) is 53.2 Å². The van der Waals surface area contributed by atoms with Crippen LogP contribution in [-0.2, 0) is 12.1 Å². The number of hydrogen-bond acceptors (Lipinski definition) is 3. The van der Waals surface area contributed by atoms with Crippen LogP contribution in [0.1, 0.15) is 31.9 Å². The van der Waals surface area contributed by atoms with Crippen LogP contribution < -0.4 is 5.32 Å². The van der Waals surface area contributed by atoms with E-state index in [0.29, 0.717) is 12.1 Å². The molecule has 1 heterocycles. The summed E-state index contributed by atoms with van der Waals surface area (Å²) in [5.41, 5.74) is 2.52. The van der Waals surface area contributed by atoms with E-state index in [1.807, 2.05) is 29.2 Å². The lowest BCUT2D eigenvalue weighted by molar-refractivity contribution is 0.355. The van der Waals surface area contributed by atoms with Crippen molar-refractivity contribution in [1.29, 1.82) is 5.26 Å². The van der Waals surface area contributed by atoms with Crippen molar-refractivity contribution < 1.29 is 0 Å². The van der Waals surface area contributed by atoms with Gasteiger partial charge in [0, 0.05) is 22.8 Å². The van der Waals surface area contributed by atoms with Crippen molar-refractivity contribution in [2.45, 2.75) is 32.9 Å². The van der Waals surface area contributed by atoms with E-state index >= 15 is 0 Å². The maximum Gasteiger partial charge on any atom is 0.101 e. The molecule has 0 saturated heterocycles. The highest BCUT2D eigenvalue weighted by Crippen LogP contribution is 2.21. The number of aromatic nitrogens is 2. The summed E-state index contributed by atoms with van der Waals surface area (Å²) >= 11 is 3.42. The smallest absolute Gasteiger partial charge is 0.101 e. The second kappa shape index (κ2) is 5.68. The summed E-state index contributed by atoms with van der Waals surface area (Å²) in [6, 6.07) is 7.75. The van der Waals surface area contributed by atoms with Crippen LogP contribution in [0.5, 0.6) is 0 Å². The van der Waals surface area contributed by atoms with Crippen molar-refractivity contribution in [3.8, 4) is 6.07 Å². The van der Waals surface area contributed by atoms with Gasteiger partial charge in [0.2, 0.25) is 0 Å². The largest absolute Gasteiger partial charge is 0.380 e. The van der Waals surface area contributed by atoms with E-state index in [1.54, 1.807) is 6.07 Å². The van der Waals surface area contributed by atoms with Crippen molar-refractivity contribution in [2.24, 2.45) is 0 Å². The molecule has 5 heteroatoms. The molecular weight excluding hydrogens is 316 g/mol. The molecule has 104 valence electrons. The number of nitriles is 1. The van der Waals surface area contributed by atoms with Crippen molar-refractivity contribution >= 4 is 21.6 Å². The van der Waals surface area contributed by atoms with Crippen molar-refractivity contribution in [1.82, 2.24) is 9.78 Å². The van der Waals surface area contributed by atoms with E-state index in [-0.39, 0.29) is 5.54 Å². The molecule has 0 spiro atoms. The molecule has 0 atom stereocenters. The van der Waals surface area contributed by atoms with E-state index in [1.165, 1.54) is 0 Å². The molecule has 4 nitrogen and oxygen atoms in total. The lowest BCUT2D eigenvalue weighted by Crippen LogP contribution is -2.21. The van der Waals surface area contributed by atoms with Gasteiger partial charge >= 0.3 is 0 Å². The van der Waals surface area contributed by atoms with Crippen LogP contribution in [0.2, 0.25) is 0 Å². The highest BCUT2D eigenvalue weighted by molar-refractivity contribution is 9.10. The maximum absolute atomic E-state index is 9.10. The van der Waals surface area contributed by atoms with Crippen LogP contribution in [0, 0.1) is 11.3 Å². The molecule has 2 aromatic rings. The molecule has 0 unspecified atom stereocenters. The Balaban J connectivity index is 2.12. The fourth-order valence-corrected chi connectivity index (χ4v) is 2.14. The van der Waals surface area contributed by atoms with E-state index in [9.17, 15) is 0 Å². The molecule has 20 heavy (non-hydrogen) atoms. The minimum Gasteiger partial charge on any atom is -0.380 e. The third kappa shape index (κ3) is 3.40. The zero-order valence-corrected chi connectivity index (χ0v) is 13.4. The number of nitrogens with zero attached hydrogens (tertiary/aromatic N) is 3. The molecule has 0 fully saturated rings. The van der Waals surface area contributed by atoms with Gasteiger partial charge in [0.25, 0.3) is 0 Å². The zero-order valence-electron chi connectivity index (χ0n) is 11.8. The molecule has 0 saturated carbocycles. The summed E-state index contributed by atoms with van der Waals surface area (Å²) in [5.74, 6) is 0. The highest BCUT2D eigenvalue weighted by Gasteiger charge is 2.13. The summed E-state index contributed by atoms with van der Waals surface area (Å²) in [7, 11) is 0.